The minimum Gasteiger partial charge on any atom is -0.497 e. The van der Waals surface area contributed by atoms with E-state index in [9.17, 15) is 4.79 Å². The number of nitrogens with zero attached hydrogens (tertiary/aromatic N) is 4. The Hall–Kier alpha value is -4.07. The van der Waals surface area contributed by atoms with Crippen molar-refractivity contribution in [2.45, 2.75) is 13.8 Å². The maximum atomic E-state index is 12.5. The first-order chi connectivity index (χ1) is 17.9. The molecule has 0 spiro atoms. The minimum absolute atomic E-state index is 0.0713. The molecule has 1 aliphatic rings. The molecule has 1 amide bonds. The van der Waals surface area contributed by atoms with Crippen LogP contribution in [0.15, 0.2) is 85.5 Å². The van der Waals surface area contributed by atoms with Gasteiger partial charge in [0, 0.05) is 67.7 Å². The number of methoxy groups -OCH3 is 1. The summed E-state index contributed by atoms with van der Waals surface area (Å²) >= 11 is 0. The molecule has 3 heterocycles. The molecule has 0 saturated carbocycles. The number of hydrazine groups is 1. The zero-order valence-corrected chi connectivity index (χ0v) is 21.6. The van der Waals surface area contributed by atoms with Gasteiger partial charge in [0.05, 0.1) is 7.11 Å². The van der Waals surface area contributed by atoms with E-state index in [2.05, 4.69) is 28.2 Å². The van der Waals surface area contributed by atoms with E-state index in [-0.39, 0.29) is 5.91 Å². The van der Waals surface area contributed by atoms with Crippen molar-refractivity contribution in [3.05, 3.63) is 102 Å². The van der Waals surface area contributed by atoms with E-state index in [0.29, 0.717) is 13.1 Å². The van der Waals surface area contributed by atoms with E-state index in [1.807, 2.05) is 86.0 Å². The zero-order chi connectivity index (χ0) is 26.2. The molecule has 4 aromatic rings. The van der Waals surface area contributed by atoms with Crippen LogP contribution in [0.25, 0.3) is 22.3 Å². The molecule has 190 valence electrons. The molecular weight excluding hydrogens is 462 g/mol. The van der Waals surface area contributed by atoms with Gasteiger partial charge in [0.15, 0.2) is 0 Å². The van der Waals surface area contributed by atoms with Gasteiger partial charge in [-0.15, -0.1) is 0 Å². The highest BCUT2D eigenvalue weighted by molar-refractivity contribution is 5.94. The van der Waals surface area contributed by atoms with Gasteiger partial charge >= 0.3 is 0 Å². The number of piperazine rings is 1. The van der Waals surface area contributed by atoms with Crippen molar-refractivity contribution < 1.29 is 9.53 Å². The van der Waals surface area contributed by atoms with Crippen LogP contribution >= 0.6 is 0 Å². The van der Waals surface area contributed by atoms with Crippen molar-refractivity contribution >= 4 is 5.91 Å². The molecule has 0 aliphatic carbocycles. The van der Waals surface area contributed by atoms with Crippen molar-refractivity contribution in [3.8, 4) is 28.0 Å². The standard InChI is InChI=1S/C17H20N4O.C13H13NO/c1-13-10-16(12-19-11-13)14-2-4-15(5-3-14)17(22)20-6-8-21(18)9-7-20;1-10-6-12(9-14-8-10)11-4-3-5-13(7-11)15-2/h2-5,10-12H,6-9,18H2,1H3;3-9H,1-2H3. The molecule has 1 aliphatic heterocycles. The normalized spacial score (nSPS) is 13.5. The fraction of sp³-hybridized carbons (Fsp3) is 0.233. The average molecular weight is 496 g/mol. The number of ether oxygens (including phenoxy) is 1. The third kappa shape index (κ3) is 7.00. The van der Waals surface area contributed by atoms with Crippen LogP contribution in [-0.2, 0) is 0 Å². The predicted molar refractivity (Wildman–Crippen MR) is 147 cm³/mol. The monoisotopic (exact) mass is 495 g/mol. The van der Waals surface area contributed by atoms with Crippen molar-refractivity contribution in [1.29, 1.82) is 0 Å². The Morgan fingerprint density at radius 1 is 0.757 bits per heavy atom. The molecule has 7 nitrogen and oxygen atoms in total. The van der Waals surface area contributed by atoms with Crippen LogP contribution in [0.1, 0.15) is 21.5 Å². The smallest absolute Gasteiger partial charge is 0.253 e. The van der Waals surface area contributed by atoms with Gasteiger partial charge in [0.2, 0.25) is 0 Å². The van der Waals surface area contributed by atoms with E-state index >= 15 is 0 Å². The second-order valence-corrected chi connectivity index (χ2v) is 9.14. The van der Waals surface area contributed by atoms with E-state index in [1.165, 1.54) is 0 Å². The molecule has 0 atom stereocenters. The molecule has 2 aromatic heterocycles. The number of benzene rings is 2. The summed E-state index contributed by atoms with van der Waals surface area (Å²) in [6.45, 7) is 6.86. The van der Waals surface area contributed by atoms with Crippen LogP contribution < -0.4 is 10.6 Å². The largest absolute Gasteiger partial charge is 0.497 e. The fourth-order valence-corrected chi connectivity index (χ4v) is 4.14. The van der Waals surface area contributed by atoms with E-state index < -0.39 is 0 Å². The molecule has 37 heavy (non-hydrogen) atoms. The summed E-state index contributed by atoms with van der Waals surface area (Å²) in [4.78, 5) is 22.7. The number of amides is 1. The number of pyridine rings is 2. The minimum atomic E-state index is 0.0713. The maximum Gasteiger partial charge on any atom is 0.253 e. The molecule has 1 saturated heterocycles. The first kappa shape index (κ1) is 26.0. The van der Waals surface area contributed by atoms with Crippen LogP contribution in [0.3, 0.4) is 0 Å². The van der Waals surface area contributed by atoms with Crippen LogP contribution in [0.5, 0.6) is 5.75 Å². The molecule has 5 rings (SSSR count). The lowest BCUT2D eigenvalue weighted by Crippen LogP contribution is -2.51. The lowest BCUT2D eigenvalue weighted by Gasteiger charge is -2.32. The number of aryl methyl sites for hydroxylation is 2. The van der Waals surface area contributed by atoms with Gasteiger partial charge in [0.25, 0.3) is 5.91 Å². The summed E-state index contributed by atoms with van der Waals surface area (Å²) < 4.78 is 5.19. The van der Waals surface area contributed by atoms with Gasteiger partial charge in [0.1, 0.15) is 5.75 Å². The summed E-state index contributed by atoms with van der Waals surface area (Å²) in [7, 11) is 1.67. The molecule has 1 fully saturated rings. The van der Waals surface area contributed by atoms with Crippen LogP contribution in [0, 0.1) is 13.8 Å². The Bertz CT molecular complexity index is 1330. The molecule has 0 unspecified atom stereocenters. The quantitative estimate of drug-likeness (QED) is 0.411. The van der Waals surface area contributed by atoms with E-state index in [0.717, 1.165) is 57.8 Å². The van der Waals surface area contributed by atoms with Crippen molar-refractivity contribution in [2.24, 2.45) is 5.84 Å². The summed E-state index contributed by atoms with van der Waals surface area (Å²) in [6, 6.07) is 19.9. The van der Waals surface area contributed by atoms with Gasteiger partial charge in [-0.1, -0.05) is 24.3 Å². The van der Waals surface area contributed by atoms with E-state index in [1.54, 1.807) is 12.1 Å². The van der Waals surface area contributed by atoms with Gasteiger partial charge in [-0.25, -0.2) is 5.01 Å². The summed E-state index contributed by atoms with van der Waals surface area (Å²) in [5.41, 5.74) is 7.39. The highest BCUT2D eigenvalue weighted by Crippen LogP contribution is 2.23. The zero-order valence-electron chi connectivity index (χ0n) is 21.6. The number of rotatable bonds is 4. The van der Waals surface area contributed by atoms with Gasteiger partial charge in [-0.05, 0) is 72.5 Å². The Balaban J connectivity index is 0.000000186. The van der Waals surface area contributed by atoms with Crippen LogP contribution in [0.4, 0.5) is 0 Å². The molecule has 2 aromatic carbocycles. The Labute approximate surface area is 218 Å². The van der Waals surface area contributed by atoms with Gasteiger partial charge in [-0.2, -0.15) is 0 Å². The van der Waals surface area contributed by atoms with Gasteiger partial charge < -0.3 is 9.64 Å². The number of carbonyl (C=O) groups is 1. The van der Waals surface area contributed by atoms with Crippen LogP contribution in [-0.4, -0.2) is 59.1 Å². The number of carbonyl (C=O) groups excluding carboxylic acids is 1. The Kier molecular flexibility index (Phi) is 8.61. The van der Waals surface area contributed by atoms with Gasteiger partial charge in [-0.3, -0.25) is 20.6 Å². The van der Waals surface area contributed by atoms with Crippen molar-refractivity contribution in [1.82, 2.24) is 19.9 Å². The lowest BCUT2D eigenvalue weighted by atomic mass is 10.0. The highest BCUT2D eigenvalue weighted by Gasteiger charge is 2.20. The molecular formula is C30H33N5O2. The summed E-state index contributed by atoms with van der Waals surface area (Å²) in [6.07, 6.45) is 7.38. The topological polar surface area (TPSA) is 84.6 Å². The molecule has 2 N–H and O–H groups in total. The third-order valence-electron chi connectivity index (χ3n) is 6.22. The predicted octanol–water partition coefficient (Wildman–Crippen LogP) is 4.75. The number of hydrogen-bond donors (Lipinski definition) is 1. The second kappa shape index (κ2) is 12.3. The number of aromatic nitrogens is 2. The Morgan fingerprint density at radius 2 is 1.35 bits per heavy atom. The summed E-state index contributed by atoms with van der Waals surface area (Å²) in [5.74, 6) is 6.66. The number of hydrogen-bond acceptors (Lipinski definition) is 6. The lowest BCUT2D eigenvalue weighted by molar-refractivity contribution is 0.0638. The molecule has 0 radical (unpaired) electrons. The average Bonchev–Trinajstić information content (AvgIpc) is 2.93. The summed E-state index contributed by atoms with van der Waals surface area (Å²) in [5, 5.41) is 1.75. The first-order valence-electron chi connectivity index (χ1n) is 12.3. The SMILES string of the molecule is COc1cccc(-c2cncc(C)c2)c1.Cc1cncc(-c2ccc(C(=O)N3CCN(N)CC3)cc2)c1. The Morgan fingerprint density at radius 3 is 1.92 bits per heavy atom. The number of nitrogens with two attached hydrogens (primary N) is 1. The fourth-order valence-electron chi connectivity index (χ4n) is 4.14. The molecule has 7 heteroatoms. The highest BCUT2D eigenvalue weighted by atomic mass is 16.5. The molecule has 0 bridgehead atoms. The van der Waals surface area contributed by atoms with Crippen molar-refractivity contribution in [3.63, 3.8) is 0 Å². The second-order valence-electron chi connectivity index (χ2n) is 9.14. The third-order valence-corrected chi connectivity index (χ3v) is 6.22. The van der Waals surface area contributed by atoms with Crippen LogP contribution in [0.2, 0.25) is 0 Å². The van der Waals surface area contributed by atoms with E-state index in [4.69, 9.17) is 10.6 Å². The van der Waals surface area contributed by atoms with Crippen molar-refractivity contribution in [2.75, 3.05) is 33.3 Å². The maximum absolute atomic E-state index is 12.5. The first-order valence-corrected chi connectivity index (χ1v) is 12.3.